The molecule has 0 aliphatic carbocycles. The van der Waals surface area contributed by atoms with E-state index in [0.717, 1.165) is 31.6 Å². The second kappa shape index (κ2) is 5.54. The zero-order chi connectivity index (χ0) is 11.7. The van der Waals surface area contributed by atoms with Gasteiger partial charge in [0.15, 0.2) is 5.58 Å². The van der Waals surface area contributed by atoms with E-state index in [1.54, 1.807) is 6.20 Å². The predicted molar refractivity (Wildman–Crippen MR) is 73.0 cm³/mol. The fraction of sp³-hybridized carbons (Fsp3) is 0.500. The molecule has 2 aromatic rings. The molecule has 5 nitrogen and oxygen atoms in total. The van der Waals surface area contributed by atoms with Gasteiger partial charge in [0, 0.05) is 19.3 Å². The third-order valence-electron chi connectivity index (χ3n) is 3.28. The van der Waals surface area contributed by atoms with E-state index in [2.05, 4.69) is 14.9 Å². The van der Waals surface area contributed by atoms with Crippen molar-refractivity contribution < 1.29 is 4.42 Å². The van der Waals surface area contributed by atoms with Crippen LogP contribution in [0.15, 0.2) is 22.7 Å². The maximum absolute atomic E-state index is 5.73. The number of pyridine rings is 1. The second-order valence-corrected chi connectivity index (χ2v) is 4.51. The first-order chi connectivity index (χ1) is 8.36. The lowest BCUT2D eigenvalue weighted by Crippen LogP contribution is -2.38. The van der Waals surface area contributed by atoms with Crippen molar-refractivity contribution in [1.29, 1.82) is 0 Å². The van der Waals surface area contributed by atoms with Crippen LogP contribution in [-0.4, -0.2) is 29.6 Å². The molecular formula is C12H17ClN4O. The molecule has 18 heavy (non-hydrogen) atoms. The van der Waals surface area contributed by atoms with Gasteiger partial charge in [0.05, 0.1) is 0 Å². The quantitative estimate of drug-likeness (QED) is 0.900. The van der Waals surface area contributed by atoms with E-state index in [4.69, 9.17) is 10.2 Å². The lowest BCUT2D eigenvalue weighted by Gasteiger charge is -2.30. The summed E-state index contributed by atoms with van der Waals surface area (Å²) in [5.74, 6) is 0.548. The molecule has 1 fully saturated rings. The Labute approximate surface area is 112 Å². The van der Waals surface area contributed by atoms with E-state index in [1.807, 2.05) is 12.1 Å². The average Bonchev–Trinajstić information content (AvgIpc) is 2.82. The number of piperidine rings is 1. The van der Waals surface area contributed by atoms with Crippen molar-refractivity contribution in [2.45, 2.75) is 12.8 Å². The van der Waals surface area contributed by atoms with E-state index in [0.29, 0.717) is 17.6 Å². The summed E-state index contributed by atoms with van der Waals surface area (Å²) in [5, 5.41) is 0. The number of anilines is 1. The minimum absolute atomic E-state index is 0. The number of fused-ring (bicyclic) bond motifs is 1. The van der Waals surface area contributed by atoms with Crippen LogP contribution in [0, 0.1) is 5.92 Å². The lowest BCUT2D eigenvalue weighted by molar-refractivity contribution is 0.403. The highest BCUT2D eigenvalue weighted by Crippen LogP contribution is 2.24. The SMILES string of the molecule is Cl.NCC1CCCN(c2nc3ncccc3o2)C1. The van der Waals surface area contributed by atoms with Crippen LogP contribution >= 0.6 is 12.4 Å². The van der Waals surface area contributed by atoms with Crippen LogP contribution in [0.4, 0.5) is 6.01 Å². The summed E-state index contributed by atoms with van der Waals surface area (Å²) in [4.78, 5) is 10.8. The largest absolute Gasteiger partial charge is 0.422 e. The van der Waals surface area contributed by atoms with Gasteiger partial charge in [-0.05, 0) is 37.4 Å². The lowest BCUT2D eigenvalue weighted by atomic mass is 9.99. The van der Waals surface area contributed by atoms with Gasteiger partial charge in [0.25, 0.3) is 6.01 Å². The molecule has 1 saturated heterocycles. The molecule has 3 rings (SSSR count). The van der Waals surface area contributed by atoms with Gasteiger partial charge in [-0.1, -0.05) is 0 Å². The van der Waals surface area contributed by atoms with Crippen molar-refractivity contribution in [2.24, 2.45) is 11.7 Å². The number of rotatable bonds is 2. The molecule has 0 radical (unpaired) electrons. The smallest absolute Gasteiger partial charge is 0.299 e. The van der Waals surface area contributed by atoms with Gasteiger partial charge in [0.2, 0.25) is 5.65 Å². The van der Waals surface area contributed by atoms with Gasteiger partial charge in [-0.2, -0.15) is 4.98 Å². The Kier molecular flexibility index (Phi) is 4.04. The van der Waals surface area contributed by atoms with Crippen molar-refractivity contribution in [3.8, 4) is 0 Å². The molecule has 3 heterocycles. The zero-order valence-electron chi connectivity index (χ0n) is 10.1. The predicted octanol–water partition coefficient (Wildman–Crippen LogP) is 1.82. The maximum atomic E-state index is 5.73. The van der Waals surface area contributed by atoms with E-state index >= 15 is 0 Å². The Hall–Kier alpha value is -1.33. The first kappa shape index (κ1) is 13.1. The van der Waals surface area contributed by atoms with Crippen molar-refractivity contribution in [2.75, 3.05) is 24.5 Å². The summed E-state index contributed by atoms with van der Waals surface area (Å²) in [6.07, 6.45) is 4.08. The molecule has 0 saturated carbocycles. The minimum atomic E-state index is 0. The van der Waals surface area contributed by atoms with Crippen molar-refractivity contribution >= 4 is 29.7 Å². The maximum Gasteiger partial charge on any atom is 0.299 e. The number of halogens is 1. The van der Waals surface area contributed by atoms with Crippen LogP contribution in [0.5, 0.6) is 0 Å². The van der Waals surface area contributed by atoms with Crippen LogP contribution in [0.25, 0.3) is 11.2 Å². The normalized spacial score (nSPS) is 19.8. The van der Waals surface area contributed by atoms with Crippen molar-refractivity contribution in [1.82, 2.24) is 9.97 Å². The minimum Gasteiger partial charge on any atom is -0.422 e. The monoisotopic (exact) mass is 268 g/mol. The first-order valence-corrected chi connectivity index (χ1v) is 6.03. The highest BCUT2D eigenvalue weighted by atomic mass is 35.5. The molecule has 1 unspecified atom stereocenters. The fourth-order valence-corrected chi connectivity index (χ4v) is 2.32. The summed E-state index contributed by atoms with van der Waals surface area (Å²) >= 11 is 0. The summed E-state index contributed by atoms with van der Waals surface area (Å²) < 4.78 is 5.71. The van der Waals surface area contributed by atoms with Gasteiger partial charge >= 0.3 is 0 Å². The number of aromatic nitrogens is 2. The van der Waals surface area contributed by atoms with Crippen LogP contribution in [0.3, 0.4) is 0 Å². The molecule has 2 N–H and O–H groups in total. The van der Waals surface area contributed by atoms with E-state index in [-0.39, 0.29) is 12.4 Å². The molecule has 0 aromatic carbocycles. The van der Waals surface area contributed by atoms with Gasteiger partial charge in [-0.3, -0.25) is 0 Å². The van der Waals surface area contributed by atoms with Gasteiger partial charge < -0.3 is 15.1 Å². The molecular weight excluding hydrogens is 252 g/mol. The number of hydrogen-bond donors (Lipinski definition) is 1. The Bertz CT molecular complexity index is 483. The van der Waals surface area contributed by atoms with Crippen LogP contribution < -0.4 is 10.6 Å². The molecule has 98 valence electrons. The molecule has 1 atom stereocenters. The van der Waals surface area contributed by atoms with Crippen molar-refractivity contribution in [3.05, 3.63) is 18.3 Å². The number of nitrogens with two attached hydrogens (primary N) is 1. The molecule has 6 heteroatoms. The Morgan fingerprint density at radius 3 is 3.17 bits per heavy atom. The molecule has 2 aromatic heterocycles. The Morgan fingerprint density at radius 1 is 1.50 bits per heavy atom. The topological polar surface area (TPSA) is 68.2 Å². The van der Waals surface area contributed by atoms with Crippen LogP contribution in [0.1, 0.15) is 12.8 Å². The molecule has 0 spiro atoms. The second-order valence-electron chi connectivity index (χ2n) is 4.51. The summed E-state index contributed by atoms with van der Waals surface area (Å²) in [7, 11) is 0. The van der Waals surface area contributed by atoms with Crippen LogP contribution in [-0.2, 0) is 0 Å². The highest BCUT2D eigenvalue weighted by Gasteiger charge is 2.22. The molecule has 1 aliphatic heterocycles. The van der Waals surface area contributed by atoms with Gasteiger partial charge in [-0.25, -0.2) is 4.98 Å². The third kappa shape index (κ3) is 2.42. The number of nitrogens with zero attached hydrogens (tertiary/aromatic N) is 3. The first-order valence-electron chi connectivity index (χ1n) is 6.03. The molecule has 0 bridgehead atoms. The molecule has 1 aliphatic rings. The highest BCUT2D eigenvalue weighted by molar-refractivity contribution is 5.85. The Balaban J connectivity index is 0.00000120. The standard InChI is InChI=1S/C12H16N4O.ClH/c13-7-9-3-2-6-16(8-9)12-15-11-10(17-12)4-1-5-14-11;/h1,4-5,9H,2-3,6-8,13H2;1H. The van der Waals surface area contributed by atoms with E-state index < -0.39 is 0 Å². The van der Waals surface area contributed by atoms with Gasteiger partial charge in [0.1, 0.15) is 0 Å². The van der Waals surface area contributed by atoms with Crippen molar-refractivity contribution in [3.63, 3.8) is 0 Å². The average molecular weight is 269 g/mol. The summed E-state index contributed by atoms with van der Waals surface area (Å²) in [6.45, 7) is 2.65. The molecule has 0 amide bonds. The Morgan fingerprint density at radius 2 is 2.39 bits per heavy atom. The van der Waals surface area contributed by atoms with Crippen LogP contribution in [0.2, 0.25) is 0 Å². The van der Waals surface area contributed by atoms with Gasteiger partial charge in [-0.15, -0.1) is 12.4 Å². The summed E-state index contributed by atoms with van der Waals surface area (Å²) in [5.41, 5.74) is 7.15. The number of hydrogen-bond acceptors (Lipinski definition) is 5. The third-order valence-corrected chi connectivity index (χ3v) is 3.28. The fourth-order valence-electron chi connectivity index (χ4n) is 2.32. The summed E-state index contributed by atoms with van der Waals surface area (Å²) in [6, 6.07) is 4.43. The number of oxazole rings is 1. The van der Waals surface area contributed by atoms with E-state index in [1.165, 1.54) is 6.42 Å². The zero-order valence-corrected chi connectivity index (χ0v) is 10.9. The van der Waals surface area contributed by atoms with E-state index in [9.17, 15) is 0 Å².